The number of guanidine groups is 1. The van der Waals surface area contributed by atoms with E-state index >= 15 is 0 Å². The summed E-state index contributed by atoms with van der Waals surface area (Å²) in [5.41, 5.74) is 4.62. The maximum Gasteiger partial charge on any atom is 0.222 e. The number of benzene rings is 2. The van der Waals surface area contributed by atoms with Crippen molar-refractivity contribution in [3.05, 3.63) is 64.7 Å². The molecular formula is C26H36N4O2. The zero-order valence-electron chi connectivity index (χ0n) is 19.6. The summed E-state index contributed by atoms with van der Waals surface area (Å²) in [6.45, 7) is 10.4. The van der Waals surface area contributed by atoms with Crippen molar-refractivity contribution in [1.82, 2.24) is 15.5 Å². The lowest BCUT2D eigenvalue weighted by molar-refractivity contribution is -0.128. The van der Waals surface area contributed by atoms with Crippen LogP contribution < -0.4 is 15.4 Å². The zero-order valence-corrected chi connectivity index (χ0v) is 19.6. The number of hydrogen-bond acceptors (Lipinski definition) is 3. The SMILES string of the molecule is CCCOc1cc(C)ccc1CN=C(NCC)NCc1ccccc1CN1CCCC1=O. The van der Waals surface area contributed by atoms with Crippen molar-refractivity contribution in [1.29, 1.82) is 0 Å². The second-order valence-electron chi connectivity index (χ2n) is 8.20. The lowest BCUT2D eigenvalue weighted by Crippen LogP contribution is -2.37. The maximum atomic E-state index is 12.0. The number of carbonyl (C=O) groups excluding carboxylic acids is 1. The van der Waals surface area contributed by atoms with Gasteiger partial charge in [-0.3, -0.25) is 4.79 Å². The number of ether oxygens (including phenoxy) is 1. The van der Waals surface area contributed by atoms with Gasteiger partial charge in [-0.15, -0.1) is 0 Å². The highest BCUT2D eigenvalue weighted by atomic mass is 16.5. The topological polar surface area (TPSA) is 66.0 Å². The van der Waals surface area contributed by atoms with Gasteiger partial charge in [0.2, 0.25) is 5.91 Å². The summed E-state index contributed by atoms with van der Waals surface area (Å²) >= 11 is 0. The van der Waals surface area contributed by atoms with E-state index in [1.54, 1.807) is 0 Å². The van der Waals surface area contributed by atoms with Crippen molar-refractivity contribution >= 4 is 11.9 Å². The Morgan fingerprint density at radius 3 is 2.62 bits per heavy atom. The van der Waals surface area contributed by atoms with Gasteiger partial charge < -0.3 is 20.3 Å². The van der Waals surface area contributed by atoms with Crippen LogP contribution in [0.2, 0.25) is 0 Å². The van der Waals surface area contributed by atoms with Gasteiger partial charge in [-0.05, 0) is 49.4 Å². The Bertz CT molecular complexity index is 926. The lowest BCUT2D eigenvalue weighted by Gasteiger charge is -2.19. The predicted molar refractivity (Wildman–Crippen MR) is 130 cm³/mol. The summed E-state index contributed by atoms with van der Waals surface area (Å²) in [5, 5.41) is 6.78. The van der Waals surface area contributed by atoms with Crippen LogP contribution in [-0.4, -0.2) is 36.5 Å². The van der Waals surface area contributed by atoms with E-state index < -0.39 is 0 Å². The van der Waals surface area contributed by atoms with E-state index in [-0.39, 0.29) is 5.91 Å². The van der Waals surface area contributed by atoms with Gasteiger partial charge in [-0.25, -0.2) is 4.99 Å². The van der Waals surface area contributed by atoms with Gasteiger partial charge in [0, 0.05) is 38.2 Å². The minimum absolute atomic E-state index is 0.252. The first-order valence-corrected chi connectivity index (χ1v) is 11.7. The molecule has 0 bridgehead atoms. The monoisotopic (exact) mass is 436 g/mol. The highest BCUT2D eigenvalue weighted by Gasteiger charge is 2.20. The van der Waals surface area contributed by atoms with Gasteiger partial charge in [-0.1, -0.05) is 43.3 Å². The molecule has 0 radical (unpaired) electrons. The summed E-state index contributed by atoms with van der Waals surface area (Å²) in [6, 6.07) is 14.6. The Morgan fingerprint density at radius 1 is 1.09 bits per heavy atom. The molecule has 1 saturated heterocycles. The first-order valence-electron chi connectivity index (χ1n) is 11.7. The number of hydrogen-bond donors (Lipinski definition) is 2. The van der Waals surface area contributed by atoms with Crippen molar-refractivity contribution in [3.8, 4) is 5.75 Å². The molecule has 1 aliphatic heterocycles. The summed E-state index contributed by atoms with van der Waals surface area (Å²) in [6.07, 6.45) is 2.60. The van der Waals surface area contributed by atoms with E-state index in [0.717, 1.165) is 43.2 Å². The Hall–Kier alpha value is -3.02. The highest BCUT2D eigenvalue weighted by molar-refractivity contribution is 5.80. The number of aryl methyl sites for hydroxylation is 1. The van der Waals surface area contributed by atoms with E-state index in [1.165, 1.54) is 16.7 Å². The number of nitrogens with one attached hydrogen (secondary N) is 2. The van der Waals surface area contributed by atoms with Gasteiger partial charge in [0.1, 0.15) is 5.75 Å². The average Bonchev–Trinajstić information content (AvgIpc) is 3.20. The third-order valence-electron chi connectivity index (χ3n) is 5.53. The molecule has 32 heavy (non-hydrogen) atoms. The summed E-state index contributed by atoms with van der Waals surface area (Å²) in [7, 11) is 0. The van der Waals surface area contributed by atoms with Crippen LogP contribution in [0.4, 0.5) is 0 Å². The predicted octanol–water partition coefficient (Wildman–Crippen LogP) is 4.16. The normalized spacial score (nSPS) is 14.0. The Morgan fingerprint density at radius 2 is 1.91 bits per heavy atom. The third kappa shape index (κ3) is 6.74. The molecule has 2 aromatic rings. The molecule has 0 atom stereocenters. The van der Waals surface area contributed by atoms with E-state index in [9.17, 15) is 4.79 Å². The molecule has 1 aliphatic rings. The van der Waals surface area contributed by atoms with E-state index in [1.807, 2.05) is 17.0 Å². The molecule has 2 aromatic carbocycles. The lowest BCUT2D eigenvalue weighted by atomic mass is 10.1. The van der Waals surface area contributed by atoms with Crippen molar-refractivity contribution in [2.75, 3.05) is 19.7 Å². The second-order valence-corrected chi connectivity index (χ2v) is 8.20. The highest BCUT2D eigenvalue weighted by Crippen LogP contribution is 2.22. The van der Waals surface area contributed by atoms with Crippen LogP contribution in [0.15, 0.2) is 47.5 Å². The van der Waals surface area contributed by atoms with Gasteiger partial charge in [0.05, 0.1) is 13.2 Å². The fourth-order valence-electron chi connectivity index (χ4n) is 3.78. The zero-order chi connectivity index (χ0) is 22.8. The molecule has 0 aromatic heterocycles. The van der Waals surface area contributed by atoms with Crippen LogP contribution in [0.5, 0.6) is 5.75 Å². The molecule has 6 heteroatoms. The Balaban J connectivity index is 1.67. The van der Waals surface area contributed by atoms with Crippen molar-refractivity contribution in [3.63, 3.8) is 0 Å². The summed E-state index contributed by atoms with van der Waals surface area (Å²) in [4.78, 5) is 18.8. The van der Waals surface area contributed by atoms with Crippen LogP contribution in [0.3, 0.4) is 0 Å². The number of likely N-dealkylation sites (tertiary alicyclic amines) is 1. The molecular weight excluding hydrogens is 400 g/mol. The molecule has 0 aliphatic carbocycles. The van der Waals surface area contributed by atoms with Crippen LogP contribution in [0, 0.1) is 6.92 Å². The molecule has 1 heterocycles. The van der Waals surface area contributed by atoms with Crippen LogP contribution in [-0.2, 0) is 24.4 Å². The third-order valence-corrected chi connectivity index (χ3v) is 5.53. The second kappa shape index (κ2) is 12.1. The van der Waals surface area contributed by atoms with Gasteiger partial charge in [-0.2, -0.15) is 0 Å². The van der Waals surface area contributed by atoms with Crippen LogP contribution in [0.25, 0.3) is 0 Å². The van der Waals surface area contributed by atoms with E-state index in [0.29, 0.717) is 32.7 Å². The smallest absolute Gasteiger partial charge is 0.222 e. The largest absolute Gasteiger partial charge is 0.493 e. The summed E-state index contributed by atoms with van der Waals surface area (Å²) in [5.74, 6) is 1.93. The Labute approximate surface area is 192 Å². The van der Waals surface area contributed by atoms with E-state index in [2.05, 4.69) is 61.7 Å². The fourth-order valence-corrected chi connectivity index (χ4v) is 3.78. The van der Waals surface area contributed by atoms with Gasteiger partial charge in [0.15, 0.2) is 5.96 Å². The first kappa shape index (κ1) is 23.6. The number of aliphatic imine (C=N–C) groups is 1. The first-order chi connectivity index (χ1) is 15.6. The number of carbonyl (C=O) groups is 1. The number of rotatable bonds is 10. The van der Waals surface area contributed by atoms with Crippen molar-refractivity contribution in [2.24, 2.45) is 4.99 Å². The molecule has 0 saturated carbocycles. The molecule has 3 rings (SSSR count). The standard InChI is InChI=1S/C26H36N4O2/c1-4-15-32-24-16-20(3)12-13-22(24)18-29-26(27-5-2)28-17-21-9-6-7-10-23(21)19-30-14-8-11-25(30)31/h6-7,9-10,12-13,16H,4-5,8,11,14-15,17-19H2,1-3H3,(H2,27,28,29). The van der Waals surface area contributed by atoms with Crippen molar-refractivity contribution < 1.29 is 9.53 Å². The summed E-state index contributed by atoms with van der Waals surface area (Å²) < 4.78 is 5.93. The van der Waals surface area contributed by atoms with Gasteiger partial charge >= 0.3 is 0 Å². The molecule has 1 amide bonds. The number of amides is 1. The van der Waals surface area contributed by atoms with Crippen LogP contribution in [0.1, 0.15) is 55.4 Å². The van der Waals surface area contributed by atoms with Crippen molar-refractivity contribution in [2.45, 2.75) is 59.7 Å². The van der Waals surface area contributed by atoms with E-state index in [4.69, 9.17) is 9.73 Å². The van der Waals surface area contributed by atoms with Gasteiger partial charge in [0.25, 0.3) is 0 Å². The van der Waals surface area contributed by atoms with Crippen LogP contribution >= 0.6 is 0 Å². The quantitative estimate of drug-likeness (QED) is 0.434. The molecule has 1 fully saturated rings. The molecule has 6 nitrogen and oxygen atoms in total. The minimum atomic E-state index is 0.252. The average molecular weight is 437 g/mol. The Kier molecular flexibility index (Phi) is 8.96. The number of nitrogens with zero attached hydrogens (tertiary/aromatic N) is 2. The fraction of sp³-hybridized carbons (Fsp3) is 0.462. The molecule has 0 spiro atoms. The molecule has 0 unspecified atom stereocenters. The molecule has 172 valence electrons. The minimum Gasteiger partial charge on any atom is -0.493 e. The maximum absolute atomic E-state index is 12.0. The molecule has 2 N–H and O–H groups in total.